The molecule has 0 aromatic carbocycles. The highest BCUT2D eigenvalue weighted by atomic mass is 16.7. The zero-order valence-electron chi connectivity index (χ0n) is 15.5. The summed E-state index contributed by atoms with van der Waals surface area (Å²) in [7, 11) is 0. The van der Waals surface area contributed by atoms with Crippen molar-refractivity contribution >= 4 is 0 Å². The maximum atomic E-state index is 13.4. The molecule has 4 heterocycles. The molecule has 1 spiro atoms. The lowest BCUT2D eigenvalue weighted by molar-refractivity contribution is -0.928. The van der Waals surface area contributed by atoms with Crippen LogP contribution in [0.5, 0.6) is 0 Å². The summed E-state index contributed by atoms with van der Waals surface area (Å²) < 4.78 is -0.0296. The molecule has 2 atom stereocenters. The first-order valence-corrected chi connectivity index (χ1v) is 10.3. The summed E-state index contributed by atoms with van der Waals surface area (Å²) in [5.74, 6) is 0. The van der Waals surface area contributed by atoms with E-state index in [0.29, 0.717) is 0 Å². The van der Waals surface area contributed by atoms with Gasteiger partial charge in [0.2, 0.25) is 0 Å². The molecule has 5 nitrogen and oxygen atoms in total. The zero-order chi connectivity index (χ0) is 17.2. The molecule has 0 saturated carbocycles. The minimum absolute atomic E-state index is 0.0296. The summed E-state index contributed by atoms with van der Waals surface area (Å²) in [4.78, 5) is 8.52. The van der Waals surface area contributed by atoms with Gasteiger partial charge in [0, 0.05) is 37.4 Å². The summed E-state index contributed by atoms with van der Waals surface area (Å²) >= 11 is 0. The Balaban J connectivity index is 1.32. The number of hydrogen-bond donors (Lipinski definition) is 0. The van der Waals surface area contributed by atoms with Gasteiger partial charge in [-0.3, -0.25) is 4.84 Å². The Hall–Kier alpha value is -0.880. The van der Waals surface area contributed by atoms with Crippen LogP contribution < -0.4 is 0 Å². The Kier molecular flexibility index (Phi) is 5.18. The lowest BCUT2D eigenvalue weighted by Crippen LogP contribution is -2.66. The molecule has 0 bridgehead atoms. The van der Waals surface area contributed by atoms with Crippen LogP contribution in [0.25, 0.3) is 0 Å². The normalized spacial score (nSPS) is 35.9. The van der Waals surface area contributed by atoms with Gasteiger partial charge >= 0.3 is 0 Å². The Morgan fingerprint density at radius 3 is 2.80 bits per heavy atom. The van der Waals surface area contributed by atoms with E-state index in [4.69, 9.17) is 4.84 Å². The zero-order valence-corrected chi connectivity index (χ0v) is 15.5. The van der Waals surface area contributed by atoms with Crippen molar-refractivity contribution in [1.82, 2.24) is 9.96 Å². The van der Waals surface area contributed by atoms with Gasteiger partial charge in [-0.1, -0.05) is 6.42 Å². The molecule has 4 aliphatic heterocycles. The maximum Gasteiger partial charge on any atom is 0.143 e. The van der Waals surface area contributed by atoms with E-state index in [9.17, 15) is 5.21 Å². The Labute approximate surface area is 152 Å². The average molecular weight is 348 g/mol. The fourth-order valence-electron chi connectivity index (χ4n) is 5.26. The molecular weight excluding hydrogens is 314 g/mol. The van der Waals surface area contributed by atoms with Gasteiger partial charge in [-0.15, -0.1) is 0 Å². The highest BCUT2D eigenvalue weighted by molar-refractivity contribution is 5.30. The van der Waals surface area contributed by atoms with Gasteiger partial charge in [0.25, 0.3) is 0 Å². The highest BCUT2D eigenvalue weighted by Gasteiger charge is 2.51. The van der Waals surface area contributed by atoms with Gasteiger partial charge in [0.05, 0.1) is 19.7 Å². The van der Waals surface area contributed by atoms with E-state index in [2.05, 4.69) is 17.2 Å². The Bertz CT molecular complexity index is 525. The third kappa shape index (κ3) is 3.39. The summed E-state index contributed by atoms with van der Waals surface area (Å²) in [6.07, 6.45) is 16.7. The van der Waals surface area contributed by atoms with Crippen molar-refractivity contribution in [3.8, 4) is 0 Å². The molecule has 0 amide bonds. The predicted molar refractivity (Wildman–Crippen MR) is 99.1 cm³/mol. The van der Waals surface area contributed by atoms with E-state index < -0.39 is 0 Å². The molecule has 3 saturated heterocycles. The van der Waals surface area contributed by atoms with Crippen LogP contribution in [0.2, 0.25) is 0 Å². The second kappa shape index (κ2) is 7.39. The van der Waals surface area contributed by atoms with Crippen LogP contribution in [0.15, 0.2) is 24.0 Å². The average Bonchev–Trinajstić information content (AvgIpc) is 2.64. The van der Waals surface area contributed by atoms with Crippen LogP contribution in [0, 0.1) is 5.21 Å². The van der Waals surface area contributed by atoms with E-state index in [1.54, 1.807) is 0 Å². The van der Waals surface area contributed by atoms with E-state index >= 15 is 0 Å². The topological polar surface area (TPSA) is 38.8 Å². The van der Waals surface area contributed by atoms with Crippen molar-refractivity contribution in [2.75, 3.05) is 39.3 Å². The van der Waals surface area contributed by atoms with Gasteiger partial charge < -0.3 is 14.8 Å². The SMILES string of the molecule is [O-][N+]12CCCCC13C=CN(OCCCN1CCCCC1)C=C3CCC2. The molecule has 0 N–H and O–H groups in total. The molecular formula is C20H33N3O2. The van der Waals surface area contributed by atoms with Gasteiger partial charge in [-0.2, -0.15) is 0 Å². The molecule has 4 aliphatic rings. The molecule has 0 aromatic heterocycles. The fourth-order valence-corrected chi connectivity index (χ4v) is 5.26. The molecule has 25 heavy (non-hydrogen) atoms. The third-order valence-corrected chi connectivity index (χ3v) is 6.66. The van der Waals surface area contributed by atoms with Gasteiger partial charge in [0.1, 0.15) is 5.54 Å². The van der Waals surface area contributed by atoms with Crippen molar-refractivity contribution in [2.24, 2.45) is 0 Å². The Morgan fingerprint density at radius 2 is 1.92 bits per heavy atom. The number of rotatable bonds is 5. The van der Waals surface area contributed by atoms with E-state index in [1.807, 2.05) is 11.3 Å². The first kappa shape index (κ1) is 17.5. The highest BCUT2D eigenvalue weighted by Crippen LogP contribution is 2.48. The van der Waals surface area contributed by atoms with Crippen molar-refractivity contribution in [2.45, 2.75) is 63.3 Å². The second-order valence-electron chi connectivity index (χ2n) is 8.24. The molecule has 140 valence electrons. The third-order valence-electron chi connectivity index (χ3n) is 6.66. The number of hydrogen-bond acceptors (Lipinski definition) is 4. The number of hydroxylamine groups is 5. The molecule has 5 heteroatoms. The van der Waals surface area contributed by atoms with Crippen LogP contribution in [0.1, 0.15) is 57.8 Å². The fraction of sp³-hybridized carbons (Fsp3) is 0.800. The molecule has 3 fully saturated rings. The van der Waals surface area contributed by atoms with E-state index in [1.165, 1.54) is 44.3 Å². The summed E-state index contributed by atoms with van der Waals surface area (Å²) in [5, 5.41) is 15.2. The largest absolute Gasteiger partial charge is 0.632 e. The summed E-state index contributed by atoms with van der Waals surface area (Å²) in [6.45, 7) is 5.93. The second-order valence-corrected chi connectivity index (χ2v) is 8.24. The minimum Gasteiger partial charge on any atom is -0.632 e. The summed E-state index contributed by atoms with van der Waals surface area (Å²) in [5.41, 5.74) is 1.01. The van der Waals surface area contributed by atoms with Crippen molar-refractivity contribution in [3.63, 3.8) is 0 Å². The monoisotopic (exact) mass is 347 g/mol. The van der Waals surface area contributed by atoms with Crippen LogP contribution in [0.3, 0.4) is 0 Å². The quantitative estimate of drug-likeness (QED) is 0.433. The first-order valence-electron chi connectivity index (χ1n) is 10.3. The smallest absolute Gasteiger partial charge is 0.143 e. The number of nitrogens with zero attached hydrogens (tertiary/aromatic N) is 3. The van der Waals surface area contributed by atoms with Crippen LogP contribution in [-0.4, -0.2) is 59.5 Å². The van der Waals surface area contributed by atoms with E-state index in [-0.39, 0.29) is 10.2 Å². The van der Waals surface area contributed by atoms with Crippen molar-refractivity contribution < 1.29 is 9.48 Å². The molecule has 0 radical (unpaired) electrons. The van der Waals surface area contributed by atoms with E-state index in [0.717, 1.165) is 58.3 Å². The van der Waals surface area contributed by atoms with Crippen LogP contribution in [-0.2, 0) is 4.84 Å². The molecule has 2 unspecified atom stereocenters. The molecule has 0 aliphatic carbocycles. The minimum atomic E-state index is -0.288. The van der Waals surface area contributed by atoms with Crippen molar-refractivity contribution in [1.29, 1.82) is 0 Å². The Morgan fingerprint density at radius 1 is 1.08 bits per heavy atom. The van der Waals surface area contributed by atoms with Crippen LogP contribution in [0.4, 0.5) is 0 Å². The lowest BCUT2D eigenvalue weighted by atomic mass is 9.74. The summed E-state index contributed by atoms with van der Waals surface area (Å²) in [6, 6.07) is 0. The number of piperidine rings is 3. The van der Waals surface area contributed by atoms with Gasteiger partial charge in [0.15, 0.2) is 0 Å². The predicted octanol–water partition coefficient (Wildman–Crippen LogP) is 3.54. The lowest BCUT2D eigenvalue weighted by Gasteiger charge is -2.62. The number of likely N-dealkylation sites (tertiary alicyclic amines) is 1. The van der Waals surface area contributed by atoms with Crippen LogP contribution >= 0.6 is 0 Å². The van der Waals surface area contributed by atoms with Crippen molar-refractivity contribution in [3.05, 3.63) is 29.3 Å². The van der Waals surface area contributed by atoms with Gasteiger partial charge in [-0.25, -0.2) is 5.06 Å². The molecule has 4 rings (SSSR count). The first-order chi connectivity index (χ1) is 12.2. The maximum absolute atomic E-state index is 13.4. The van der Waals surface area contributed by atoms with Gasteiger partial charge in [-0.05, 0) is 57.7 Å². The number of quaternary nitrogens is 1. The standard InChI is InChI=1S/C20H33N3O2/c24-23-15-5-2-9-20(23)10-14-22(18-19(20)8-6-16-23)25-17-7-13-21-11-3-1-4-12-21/h10,14,18H,1-9,11-13,15-17H2. The molecule has 0 aromatic rings.